The average molecular weight is 280 g/mol. The van der Waals surface area contributed by atoms with Gasteiger partial charge in [-0.3, -0.25) is 0 Å². The summed E-state index contributed by atoms with van der Waals surface area (Å²) in [6.07, 6.45) is 20.6. The molecule has 0 saturated carbocycles. The lowest BCUT2D eigenvalue weighted by atomic mass is 10.0. The van der Waals surface area contributed by atoms with E-state index in [2.05, 4.69) is 32.9 Å². The van der Waals surface area contributed by atoms with Crippen molar-refractivity contribution in [3.8, 4) is 0 Å². The summed E-state index contributed by atoms with van der Waals surface area (Å²) in [5.41, 5.74) is 0. The van der Waals surface area contributed by atoms with Gasteiger partial charge in [0.05, 0.1) is 12.2 Å². The molecule has 1 saturated heterocycles. The predicted molar refractivity (Wildman–Crippen MR) is 89.1 cm³/mol. The van der Waals surface area contributed by atoms with Crippen LogP contribution < -0.4 is 0 Å². The highest BCUT2D eigenvalue weighted by atomic mass is 16.6. The van der Waals surface area contributed by atoms with Crippen LogP contribution in [0.1, 0.15) is 91.4 Å². The minimum Gasteiger partial charge on any atom is -0.370 e. The molecule has 1 aliphatic rings. The van der Waals surface area contributed by atoms with Gasteiger partial charge in [-0.2, -0.15) is 0 Å². The number of hydrogen-bond donors (Lipinski definition) is 0. The summed E-state index contributed by atoms with van der Waals surface area (Å²) in [4.78, 5) is 0. The second-order valence-electron chi connectivity index (χ2n) is 6.81. The van der Waals surface area contributed by atoms with Crippen LogP contribution >= 0.6 is 0 Å². The molecule has 0 bridgehead atoms. The molecule has 118 valence electrons. The van der Waals surface area contributed by atoms with E-state index in [4.69, 9.17) is 4.74 Å². The third-order valence-electron chi connectivity index (χ3n) is 4.30. The van der Waals surface area contributed by atoms with Gasteiger partial charge in [0.1, 0.15) is 0 Å². The predicted octanol–water partition coefficient (Wildman–Crippen LogP) is 6.28. The van der Waals surface area contributed by atoms with Crippen molar-refractivity contribution in [2.24, 2.45) is 5.92 Å². The van der Waals surface area contributed by atoms with Gasteiger partial charge in [0.15, 0.2) is 0 Å². The molecule has 0 aliphatic carbocycles. The Kier molecular flexibility index (Phi) is 10.1. The van der Waals surface area contributed by atoms with Gasteiger partial charge in [0.25, 0.3) is 0 Å². The third-order valence-corrected chi connectivity index (χ3v) is 4.30. The molecule has 1 fully saturated rings. The SMILES string of the molecule is C/C=C\CCCCCCCC1OC1CCCCC(C)C. The number of hydrogen-bond acceptors (Lipinski definition) is 1. The summed E-state index contributed by atoms with van der Waals surface area (Å²) < 4.78 is 5.77. The van der Waals surface area contributed by atoms with Gasteiger partial charge in [0.2, 0.25) is 0 Å². The largest absolute Gasteiger partial charge is 0.370 e. The highest BCUT2D eigenvalue weighted by Gasteiger charge is 2.36. The van der Waals surface area contributed by atoms with Gasteiger partial charge in [-0.05, 0) is 38.5 Å². The van der Waals surface area contributed by atoms with Crippen LogP contribution in [0.25, 0.3) is 0 Å². The van der Waals surface area contributed by atoms with Crippen LogP contribution in [0.15, 0.2) is 12.2 Å². The molecule has 0 amide bonds. The van der Waals surface area contributed by atoms with E-state index in [9.17, 15) is 0 Å². The molecular formula is C19H36O. The second kappa shape index (κ2) is 11.4. The Labute approximate surface area is 127 Å². The Bertz CT molecular complexity index is 244. The molecule has 1 nitrogen and oxygen atoms in total. The average Bonchev–Trinajstić information content (AvgIpc) is 3.16. The third kappa shape index (κ3) is 9.58. The van der Waals surface area contributed by atoms with Crippen molar-refractivity contribution < 1.29 is 4.74 Å². The van der Waals surface area contributed by atoms with Gasteiger partial charge in [-0.1, -0.05) is 70.9 Å². The molecule has 0 spiro atoms. The maximum Gasteiger partial charge on any atom is 0.0841 e. The molecule has 1 rings (SSSR count). The molecule has 2 atom stereocenters. The Morgan fingerprint density at radius 1 is 0.850 bits per heavy atom. The lowest BCUT2D eigenvalue weighted by Gasteiger charge is -2.02. The first-order valence-electron chi connectivity index (χ1n) is 9.00. The molecule has 1 heterocycles. The number of epoxide rings is 1. The van der Waals surface area contributed by atoms with E-state index in [1.165, 1.54) is 70.6 Å². The molecule has 20 heavy (non-hydrogen) atoms. The summed E-state index contributed by atoms with van der Waals surface area (Å²) in [7, 11) is 0. The Morgan fingerprint density at radius 2 is 1.45 bits per heavy atom. The molecule has 0 radical (unpaired) electrons. The number of unbranched alkanes of at least 4 members (excludes halogenated alkanes) is 6. The van der Waals surface area contributed by atoms with Gasteiger partial charge in [-0.25, -0.2) is 0 Å². The highest BCUT2D eigenvalue weighted by molar-refractivity contribution is 4.84. The van der Waals surface area contributed by atoms with Crippen LogP contribution in [-0.4, -0.2) is 12.2 Å². The zero-order valence-corrected chi connectivity index (χ0v) is 14.1. The number of allylic oxidation sites excluding steroid dienone is 2. The first-order valence-corrected chi connectivity index (χ1v) is 9.00. The summed E-state index contributed by atoms with van der Waals surface area (Å²) in [5.74, 6) is 0.860. The fourth-order valence-corrected chi connectivity index (χ4v) is 2.89. The lowest BCUT2D eigenvalue weighted by Crippen LogP contribution is -1.95. The fraction of sp³-hybridized carbons (Fsp3) is 0.895. The van der Waals surface area contributed by atoms with E-state index < -0.39 is 0 Å². The van der Waals surface area contributed by atoms with Gasteiger partial charge >= 0.3 is 0 Å². The van der Waals surface area contributed by atoms with Crippen LogP contribution in [0, 0.1) is 5.92 Å². The molecule has 0 aromatic heterocycles. The monoisotopic (exact) mass is 280 g/mol. The van der Waals surface area contributed by atoms with Crippen molar-refractivity contribution in [2.45, 2.75) is 104 Å². The lowest BCUT2D eigenvalue weighted by molar-refractivity contribution is 0.346. The van der Waals surface area contributed by atoms with Crippen molar-refractivity contribution in [3.63, 3.8) is 0 Å². The molecule has 1 aliphatic heterocycles. The van der Waals surface area contributed by atoms with Gasteiger partial charge in [-0.15, -0.1) is 0 Å². The zero-order valence-electron chi connectivity index (χ0n) is 14.1. The van der Waals surface area contributed by atoms with Crippen LogP contribution in [-0.2, 0) is 4.74 Å². The van der Waals surface area contributed by atoms with Crippen LogP contribution in [0.2, 0.25) is 0 Å². The molecule has 0 aromatic carbocycles. The van der Waals surface area contributed by atoms with Crippen LogP contribution in [0.4, 0.5) is 0 Å². The molecule has 1 heteroatoms. The van der Waals surface area contributed by atoms with Crippen molar-refractivity contribution in [1.29, 1.82) is 0 Å². The number of ether oxygens (including phenoxy) is 1. The fourth-order valence-electron chi connectivity index (χ4n) is 2.89. The quantitative estimate of drug-likeness (QED) is 0.220. The topological polar surface area (TPSA) is 12.5 Å². The molecule has 0 aromatic rings. The summed E-state index contributed by atoms with van der Waals surface area (Å²) >= 11 is 0. The Balaban J connectivity index is 1.79. The smallest absolute Gasteiger partial charge is 0.0841 e. The van der Waals surface area contributed by atoms with Crippen LogP contribution in [0.5, 0.6) is 0 Å². The van der Waals surface area contributed by atoms with Crippen molar-refractivity contribution in [3.05, 3.63) is 12.2 Å². The van der Waals surface area contributed by atoms with Crippen molar-refractivity contribution in [2.75, 3.05) is 0 Å². The summed E-state index contributed by atoms with van der Waals surface area (Å²) in [6.45, 7) is 6.73. The van der Waals surface area contributed by atoms with Crippen molar-refractivity contribution in [1.82, 2.24) is 0 Å². The molecular weight excluding hydrogens is 244 g/mol. The second-order valence-corrected chi connectivity index (χ2v) is 6.81. The normalized spacial score (nSPS) is 22.0. The number of rotatable bonds is 13. The van der Waals surface area contributed by atoms with E-state index in [0.717, 1.165) is 5.92 Å². The van der Waals surface area contributed by atoms with Crippen molar-refractivity contribution >= 4 is 0 Å². The van der Waals surface area contributed by atoms with E-state index in [-0.39, 0.29) is 0 Å². The first kappa shape index (κ1) is 17.8. The molecule has 0 N–H and O–H groups in total. The summed E-state index contributed by atoms with van der Waals surface area (Å²) in [6, 6.07) is 0. The Morgan fingerprint density at radius 3 is 2.10 bits per heavy atom. The maximum atomic E-state index is 5.77. The zero-order chi connectivity index (χ0) is 14.6. The van der Waals surface area contributed by atoms with E-state index in [1.54, 1.807) is 0 Å². The standard InChI is InChI=1S/C19H36O/c1-4-5-6-7-8-9-10-11-15-18-19(20-18)16-13-12-14-17(2)3/h4-5,17-19H,6-16H2,1-3H3/b5-4-. The minimum atomic E-state index is 0.622. The first-order chi connectivity index (χ1) is 9.74. The Hall–Kier alpha value is -0.300. The minimum absolute atomic E-state index is 0.622. The molecule has 2 unspecified atom stereocenters. The van der Waals surface area contributed by atoms with Gasteiger partial charge in [0, 0.05) is 0 Å². The van der Waals surface area contributed by atoms with Gasteiger partial charge < -0.3 is 4.74 Å². The van der Waals surface area contributed by atoms with Crippen LogP contribution in [0.3, 0.4) is 0 Å². The van der Waals surface area contributed by atoms with E-state index in [0.29, 0.717) is 12.2 Å². The van der Waals surface area contributed by atoms with E-state index in [1.807, 2.05) is 0 Å². The summed E-state index contributed by atoms with van der Waals surface area (Å²) in [5, 5.41) is 0. The highest BCUT2D eigenvalue weighted by Crippen LogP contribution is 2.31. The van der Waals surface area contributed by atoms with E-state index >= 15 is 0 Å². The maximum absolute atomic E-state index is 5.77.